The molecule has 2 rings (SSSR count). The number of halogens is 2. The Hall–Kier alpha value is -1.85. The van der Waals surface area contributed by atoms with Crippen LogP contribution in [0.2, 0.25) is 10.0 Å². The maximum Gasteiger partial charge on any atom is 0.334 e. The molecule has 1 N–H and O–H groups in total. The maximum atomic E-state index is 11.3. The zero-order valence-electron chi connectivity index (χ0n) is 8.81. The minimum atomic E-state index is -0.771. The van der Waals surface area contributed by atoms with Gasteiger partial charge in [0.25, 0.3) is 0 Å². The Kier molecular flexibility index (Phi) is 3.36. The van der Waals surface area contributed by atoms with Crippen LogP contribution in [0.5, 0.6) is 0 Å². The van der Waals surface area contributed by atoms with Crippen molar-refractivity contribution in [2.24, 2.45) is 0 Å². The number of nitrogens with zero attached hydrogens (tertiary/aromatic N) is 1. The molecule has 0 aliphatic carbocycles. The number of benzene rings is 1. The van der Waals surface area contributed by atoms with Crippen LogP contribution in [0.3, 0.4) is 0 Å². The summed E-state index contributed by atoms with van der Waals surface area (Å²) in [5, 5.41) is 11.4. The van der Waals surface area contributed by atoms with Gasteiger partial charge in [0, 0.05) is 33.4 Å². The average Bonchev–Trinajstić information content (AvgIpc) is 2.30. The second-order valence-electron chi connectivity index (χ2n) is 3.46. The van der Waals surface area contributed by atoms with Gasteiger partial charge in [0.05, 0.1) is 4.92 Å². The molecular weight excluding hydrogens is 279 g/mol. The van der Waals surface area contributed by atoms with Crippen molar-refractivity contribution in [1.29, 1.82) is 0 Å². The smallest absolute Gasteiger partial charge is 0.323 e. The zero-order valence-corrected chi connectivity index (χ0v) is 10.3. The van der Waals surface area contributed by atoms with Crippen LogP contribution in [-0.4, -0.2) is 9.91 Å². The molecule has 1 aromatic carbocycles. The molecular formula is C11H6Cl2N2O3. The SMILES string of the molecule is O=c1[nH]cc(-c2c(Cl)cccc2Cl)cc1[N+](=O)[O-]. The van der Waals surface area contributed by atoms with Crippen LogP contribution in [0.1, 0.15) is 0 Å². The van der Waals surface area contributed by atoms with Gasteiger partial charge < -0.3 is 4.98 Å². The number of rotatable bonds is 2. The van der Waals surface area contributed by atoms with E-state index in [-0.39, 0.29) is 0 Å². The highest BCUT2D eigenvalue weighted by Gasteiger charge is 2.16. The summed E-state index contributed by atoms with van der Waals surface area (Å²) in [6, 6.07) is 6.03. The number of aromatic amines is 1. The second-order valence-corrected chi connectivity index (χ2v) is 4.27. The van der Waals surface area contributed by atoms with Crippen molar-refractivity contribution in [2.45, 2.75) is 0 Å². The number of pyridine rings is 1. The molecule has 0 radical (unpaired) electrons. The van der Waals surface area contributed by atoms with E-state index in [9.17, 15) is 14.9 Å². The molecule has 0 atom stereocenters. The Balaban J connectivity index is 2.69. The highest BCUT2D eigenvalue weighted by atomic mass is 35.5. The minimum Gasteiger partial charge on any atom is -0.323 e. The van der Waals surface area contributed by atoms with E-state index < -0.39 is 16.2 Å². The summed E-state index contributed by atoms with van der Waals surface area (Å²) in [5.41, 5.74) is -0.493. The van der Waals surface area contributed by atoms with Crippen molar-refractivity contribution in [3.8, 4) is 11.1 Å². The van der Waals surface area contributed by atoms with Crippen LogP contribution >= 0.6 is 23.2 Å². The van der Waals surface area contributed by atoms with Gasteiger partial charge in [-0.15, -0.1) is 0 Å². The zero-order chi connectivity index (χ0) is 13.3. The molecule has 0 unspecified atom stereocenters. The first kappa shape index (κ1) is 12.6. The van der Waals surface area contributed by atoms with Crippen LogP contribution in [-0.2, 0) is 0 Å². The highest BCUT2D eigenvalue weighted by Crippen LogP contribution is 2.34. The molecule has 0 saturated carbocycles. The van der Waals surface area contributed by atoms with Crippen molar-refractivity contribution in [3.63, 3.8) is 0 Å². The van der Waals surface area contributed by atoms with E-state index in [4.69, 9.17) is 23.2 Å². The fourth-order valence-electron chi connectivity index (χ4n) is 1.53. The first-order chi connectivity index (χ1) is 8.50. The summed E-state index contributed by atoms with van der Waals surface area (Å²) in [4.78, 5) is 23.5. The predicted octanol–water partition coefficient (Wildman–Crippen LogP) is 3.26. The molecule has 1 heterocycles. The van der Waals surface area contributed by atoms with Crippen LogP contribution in [0.4, 0.5) is 5.69 Å². The normalized spacial score (nSPS) is 10.3. The lowest BCUT2D eigenvalue weighted by atomic mass is 10.1. The number of aromatic nitrogens is 1. The van der Waals surface area contributed by atoms with Gasteiger partial charge in [0.15, 0.2) is 0 Å². The summed E-state index contributed by atoms with van der Waals surface area (Å²) in [6.07, 6.45) is 1.34. The topological polar surface area (TPSA) is 76.0 Å². The standard InChI is InChI=1S/C11H6Cl2N2O3/c12-7-2-1-3-8(13)10(7)6-4-9(15(17)18)11(16)14-5-6/h1-5H,(H,14,16). The first-order valence-corrected chi connectivity index (χ1v) is 5.58. The molecule has 0 spiro atoms. The molecule has 0 bridgehead atoms. The Morgan fingerprint density at radius 1 is 1.22 bits per heavy atom. The Labute approximate surface area is 111 Å². The van der Waals surface area contributed by atoms with Crippen LogP contribution in [0.25, 0.3) is 11.1 Å². The van der Waals surface area contributed by atoms with Gasteiger partial charge >= 0.3 is 11.2 Å². The monoisotopic (exact) mass is 284 g/mol. The Morgan fingerprint density at radius 2 is 1.83 bits per heavy atom. The molecule has 92 valence electrons. The van der Waals surface area contributed by atoms with Gasteiger partial charge in [-0.3, -0.25) is 14.9 Å². The lowest BCUT2D eigenvalue weighted by Crippen LogP contribution is -2.10. The van der Waals surface area contributed by atoms with E-state index in [1.54, 1.807) is 18.2 Å². The van der Waals surface area contributed by atoms with Crippen LogP contribution in [0.15, 0.2) is 35.3 Å². The lowest BCUT2D eigenvalue weighted by Gasteiger charge is -2.06. The maximum absolute atomic E-state index is 11.3. The number of nitro groups is 1. The van der Waals surface area contributed by atoms with Gasteiger partial charge in [-0.2, -0.15) is 0 Å². The average molecular weight is 285 g/mol. The van der Waals surface area contributed by atoms with E-state index in [2.05, 4.69) is 4.98 Å². The predicted molar refractivity (Wildman–Crippen MR) is 69.2 cm³/mol. The fourth-order valence-corrected chi connectivity index (χ4v) is 2.14. The van der Waals surface area contributed by atoms with E-state index in [0.29, 0.717) is 21.2 Å². The Morgan fingerprint density at radius 3 is 2.39 bits per heavy atom. The molecule has 0 fully saturated rings. The third-order valence-electron chi connectivity index (χ3n) is 2.33. The summed E-state index contributed by atoms with van der Waals surface area (Å²) in [7, 11) is 0. The highest BCUT2D eigenvalue weighted by molar-refractivity contribution is 6.39. The number of hydrogen-bond donors (Lipinski definition) is 1. The molecule has 0 aliphatic heterocycles. The van der Waals surface area contributed by atoms with Gasteiger partial charge in [-0.25, -0.2) is 0 Å². The van der Waals surface area contributed by atoms with Crippen molar-refractivity contribution in [1.82, 2.24) is 4.98 Å². The van der Waals surface area contributed by atoms with Gasteiger partial charge in [0.1, 0.15) is 0 Å². The Bertz CT molecular complexity index is 662. The van der Waals surface area contributed by atoms with Crippen LogP contribution in [0, 0.1) is 10.1 Å². The molecule has 0 amide bonds. The van der Waals surface area contributed by atoms with Gasteiger partial charge in [-0.1, -0.05) is 29.3 Å². The fraction of sp³-hybridized carbons (Fsp3) is 0. The summed E-state index contributed by atoms with van der Waals surface area (Å²) >= 11 is 12.0. The van der Waals surface area contributed by atoms with E-state index in [1.807, 2.05) is 0 Å². The molecule has 2 aromatic rings. The molecule has 1 aromatic heterocycles. The van der Waals surface area contributed by atoms with Crippen molar-refractivity contribution >= 4 is 28.9 Å². The number of hydrogen-bond acceptors (Lipinski definition) is 3. The van der Waals surface area contributed by atoms with Crippen molar-refractivity contribution < 1.29 is 4.92 Å². The van der Waals surface area contributed by atoms with Crippen molar-refractivity contribution in [3.05, 3.63) is 61.0 Å². The lowest BCUT2D eigenvalue weighted by molar-refractivity contribution is -0.386. The summed E-state index contributed by atoms with van der Waals surface area (Å²) < 4.78 is 0. The quantitative estimate of drug-likeness (QED) is 0.679. The largest absolute Gasteiger partial charge is 0.334 e. The van der Waals surface area contributed by atoms with Crippen LogP contribution < -0.4 is 5.56 Å². The first-order valence-electron chi connectivity index (χ1n) is 4.82. The van der Waals surface area contributed by atoms with E-state index in [1.165, 1.54) is 6.20 Å². The third-order valence-corrected chi connectivity index (χ3v) is 2.96. The second kappa shape index (κ2) is 4.80. The number of nitrogens with one attached hydrogen (secondary N) is 1. The van der Waals surface area contributed by atoms with Gasteiger partial charge in [0.2, 0.25) is 0 Å². The third kappa shape index (κ3) is 2.23. The van der Waals surface area contributed by atoms with Gasteiger partial charge in [-0.05, 0) is 12.1 Å². The summed E-state index contributed by atoms with van der Waals surface area (Å²) in [5.74, 6) is 0. The number of H-pyrrole nitrogens is 1. The van der Waals surface area contributed by atoms with E-state index >= 15 is 0 Å². The molecule has 0 saturated heterocycles. The molecule has 7 heteroatoms. The van der Waals surface area contributed by atoms with E-state index in [0.717, 1.165) is 6.07 Å². The summed E-state index contributed by atoms with van der Waals surface area (Å²) in [6.45, 7) is 0. The molecule has 18 heavy (non-hydrogen) atoms. The molecule has 0 aliphatic rings. The molecule has 5 nitrogen and oxygen atoms in total. The van der Waals surface area contributed by atoms with Crippen molar-refractivity contribution in [2.75, 3.05) is 0 Å². The minimum absolute atomic E-state index is 0.351.